The second kappa shape index (κ2) is 4.03. The topological polar surface area (TPSA) is 80.7 Å². The monoisotopic (exact) mass is 240 g/mol. The number of nitrogens with one attached hydrogen (secondary N) is 1. The third-order valence-corrected chi connectivity index (χ3v) is 2.82. The minimum Gasteiger partial charge on any atom is -0.398 e. The highest BCUT2D eigenvalue weighted by Crippen LogP contribution is 2.28. The standard InChI is InChI=1S/C13H12N4O/c1-8-4-2-5-9(11(8)14)13-16-12(17-18-13)10-6-3-7-15-10/h2-7,15H,14H2,1H3. The number of hydrogen-bond donors (Lipinski definition) is 2. The van der Waals surface area contributed by atoms with Gasteiger partial charge in [-0.3, -0.25) is 0 Å². The molecule has 2 aromatic heterocycles. The summed E-state index contributed by atoms with van der Waals surface area (Å²) in [6.07, 6.45) is 1.81. The molecule has 3 rings (SSSR count). The number of benzene rings is 1. The Morgan fingerprint density at radius 2 is 2.11 bits per heavy atom. The predicted octanol–water partition coefficient (Wildman–Crippen LogP) is 2.62. The normalized spacial score (nSPS) is 10.7. The van der Waals surface area contributed by atoms with Crippen molar-refractivity contribution in [3.05, 3.63) is 42.1 Å². The maximum Gasteiger partial charge on any atom is 0.260 e. The lowest BCUT2D eigenvalue weighted by molar-refractivity contribution is 0.432. The van der Waals surface area contributed by atoms with E-state index in [1.807, 2.05) is 43.5 Å². The SMILES string of the molecule is Cc1cccc(-c2nc(-c3ccc[nH]3)no2)c1N. The van der Waals surface area contributed by atoms with E-state index in [9.17, 15) is 0 Å². The van der Waals surface area contributed by atoms with Crippen LogP contribution in [0.3, 0.4) is 0 Å². The molecule has 3 N–H and O–H groups in total. The molecule has 0 saturated heterocycles. The van der Waals surface area contributed by atoms with Crippen LogP contribution in [0.1, 0.15) is 5.56 Å². The molecule has 5 heteroatoms. The van der Waals surface area contributed by atoms with E-state index in [1.54, 1.807) is 0 Å². The molecule has 0 unspecified atom stereocenters. The van der Waals surface area contributed by atoms with E-state index in [2.05, 4.69) is 15.1 Å². The van der Waals surface area contributed by atoms with Crippen molar-refractivity contribution in [2.24, 2.45) is 0 Å². The summed E-state index contributed by atoms with van der Waals surface area (Å²) in [5.74, 6) is 0.955. The molecule has 5 nitrogen and oxygen atoms in total. The lowest BCUT2D eigenvalue weighted by Gasteiger charge is -2.02. The third kappa shape index (κ3) is 1.66. The zero-order valence-corrected chi connectivity index (χ0v) is 9.84. The first-order valence-electron chi connectivity index (χ1n) is 5.58. The fourth-order valence-electron chi connectivity index (χ4n) is 1.78. The number of aromatic amines is 1. The van der Waals surface area contributed by atoms with E-state index < -0.39 is 0 Å². The molecule has 0 bridgehead atoms. The Balaban J connectivity index is 2.06. The summed E-state index contributed by atoms with van der Waals surface area (Å²) < 4.78 is 5.25. The van der Waals surface area contributed by atoms with Gasteiger partial charge in [-0.25, -0.2) is 0 Å². The molecule has 0 aliphatic carbocycles. The van der Waals surface area contributed by atoms with Gasteiger partial charge in [-0.2, -0.15) is 4.98 Å². The Hall–Kier alpha value is -2.56. The number of aryl methyl sites for hydroxylation is 1. The number of H-pyrrole nitrogens is 1. The van der Waals surface area contributed by atoms with Gasteiger partial charge in [0.25, 0.3) is 5.89 Å². The van der Waals surface area contributed by atoms with Crippen molar-refractivity contribution in [3.63, 3.8) is 0 Å². The van der Waals surface area contributed by atoms with Crippen LogP contribution >= 0.6 is 0 Å². The van der Waals surface area contributed by atoms with Crippen molar-refractivity contribution < 1.29 is 4.52 Å². The number of aromatic nitrogens is 3. The number of nitrogens with two attached hydrogens (primary N) is 1. The van der Waals surface area contributed by atoms with Gasteiger partial charge in [0.05, 0.1) is 11.3 Å². The summed E-state index contributed by atoms with van der Waals surface area (Å²) in [5.41, 5.74) is 9.25. The lowest BCUT2D eigenvalue weighted by atomic mass is 10.1. The lowest BCUT2D eigenvalue weighted by Crippen LogP contribution is -1.93. The molecule has 0 aliphatic heterocycles. The van der Waals surface area contributed by atoms with E-state index in [-0.39, 0.29) is 0 Å². The van der Waals surface area contributed by atoms with Crippen LogP contribution in [-0.2, 0) is 0 Å². The molecule has 0 saturated carbocycles. The van der Waals surface area contributed by atoms with Crippen molar-refractivity contribution >= 4 is 5.69 Å². The van der Waals surface area contributed by atoms with E-state index in [0.29, 0.717) is 17.4 Å². The van der Waals surface area contributed by atoms with E-state index >= 15 is 0 Å². The van der Waals surface area contributed by atoms with Crippen molar-refractivity contribution in [2.45, 2.75) is 6.92 Å². The predicted molar refractivity (Wildman–Crippen MR) is 68.7 cm³/mol. The molecule has 90 valence electrons. The largest absolute Gasteiger partial charge is 0.398 e. The number of rotatable bonds is 2. The first-order valence-corrected chi connectivity index (χ1v) is 5.58. The third-order valence-electron chi connectivity index (χ3n) is 2.82. The first kappa shape index (κ1) is 10.6. The molecule has 2 heterocycles. The Labute approximate surface area is 104 Å². The van der Waals surface area contributed by atoms with Crippen molar-refractivity contribution in [1.29, 1.82) is 0 Å². The molecule has 0 fully saturated rings. The molecule has 0 spiro atoms. The van der Waals surface area contributed by atoms with Gasteiger partial charge in [0.15, 0.2) is 0 Å². The van der Waals surface area contributed by atoms with Gasteiger partial charge in [0.2, 0.25) is 5.82 Å². The number of para-hydroxylation sites is 1. The van der Waals surface area contributed by atoms with E-state index in [4.69, 9.17) is 10.3 Å². The minimum absolute atomic E-state index is 0.431. The molecule has 1 aromatic carbocycles. The quantitative estimate of drug-likeness (QED) is 0.675. The average Bonchev–Trinajstić information content (AvgIpc) is 3.01. The smallest absolute Gasteiger partial charge is 0.260 e. The van der Waals surface area contributed by atoms with E-state index in [0.717, 1.165) is 16.8 Å². The number of nitrogen functional groups attached to an aromatic ring is 1. The Morgan fingerprint density at radius 3 is 2.89 bits per heavy atom. The van der Waals surface area contributed by atoms with Gasteiger partial charge in [-0.05, 0) is 30.7 Å². The average molecular weight is 240 g/mol. The highest BCUT2D eigenvalue weighted by atomic mass is 16.5. The van der Waals surface area contributed by atoms with Gasteiger partial charge in [0, 0.05) is 11.9 Å². The number of anilines is 1. The summed E-state index contributed by atoms with van der Waals surface area (Å²) in [4.78, 5) is 7.36. The first-order chi connectivity index (χ1) is 8.75. The fourth-order valence-corrected chi connectivity index (χ4v) is 1.78. The van der Waals surface area contributed by atoms with Crippen LogP contribution in [0.4, 0.5) is 5.69 Å². The van der Waals surface area contributed by atoms with Gasteiger partial charge in [0.1, 0.15) is 0 Å². The summed E-state index contributed by atoms with van der Waals surface area (Å²) in [6.45, 7) is 1.95. The van der Waals surface area contributed by atoms with Crippen LogP contribution in [0.2, 0.25) is 0 Å². The molecule has 0 radical (unpaired) electrons. The second-order valence-electron chi connectivity index (χ2n) is 4.04. The number of hydrogen-bond acceptors (Lipinski definition) is 4. The molecule has 0 aliphatic rings. The summed E-state index contributed by atoms with van der Waals surface area (Å²) in [5, 5.41) is 3.93. The van der Waals surface area contributed by atoms with Gasteiger partial charge in [-0.15, -0.1) is 0 Å². The maximum atomic E-state index is 6.01. The van der Waals surface area contributed by atoms with Crippen molar-refractivity contribution in [2.75, 3.05) is 5.73 Å². The minimum atomic E-state index is 0.431. The fraction of sp³-hybridized carbons (Fsp3) is 0.0769. The molecule has 0 atom stereocenters. The zero-order chi connectivity index (χ0) is 12.5. The number of nitrogens with zero attached hydrogens (tertiary/aromatic N) is 2. The second-order valence-corrected chi connectivity index (χ2v) is 4.04. The van der Waals surface area contributed by atoms with Crippen molar-refractivity contribution in [1.82, 2.24) is 15.1 Å². The molecular formula is C13H12N4O. The summed E-state index contributed by atoms with van der Waals surface area (Å²) >= 11 is 0. The van der Waals surface area contributed by atoms with Crippen LogP contribution < -0.4 is 5.73 Å². The molecule has 0 amide bonds. The van der Waals surface area contributed by atoms with Gasteiger partial charge < -0.3 is 15.2 Å². The van der Waals surface area contributed by atoms with Crippen LogP contribution in [0.5, 0.6) is 0 Å². The molecule has 18 heavy (non-hydrogen) atoms. The highest BCUT2D eigenvalue weighted by molar-refractivity contribution is 5.73. The molecule has 3 aromatic rings. The van der Waals surface area contributed by atoms with Crippen LogP contribution in [0.15, 0.2) is 41.1 Å². The van der Waals surface area contributed by atoms with Crippen molar-refractivity contribution in [3.8, 4) is 23.0 Å². The Bertz CT molecular complexity index is 670. The van der Waals surface area contributed by atoms with Crippen LogP contribution in [0, 0.1) is 6.92 Å². The zero-order valence-electron chi connectivity index (χ0n) is 9.84. The Kier molecular flexibility index (Phi) is 2.37. The van der Waals surface area contributed by atoms with Crippen LogP contribution in [0.25, 0.3) is 23.0 Å². The Morgan fingerprint density at radius 1 is 1.22 bits per heavy atom. The maximum absolute atomic E-state index is 6.01. The molecular weight excluding hydrogens is 228 g/mol. The summed E-state index contributed by atoms with van der Waals surface area (Å²) in [6, 6.07) is 9.50. The highest BCUT2D eigenvalue weighted by Gasteiger charge is 2.13. The van der Waals surface area contributed by atoms with Gasteiger partial charge in [-0.1, -0.05) is 17.3 Å². The van der Waals surface area contributed by atoms with E-state index in [1.165, 1.54) is 0 Å². The van der Waals surface area contributed by atoms with Gasteiger partial charge >= 0.3 is 0 Å². The van der Waals surface area contributed by atoms with Crippen LogP contribution in [-0.4, -0.2) is 15.1 Å². The summed E-state index contributed by atoms with van der Waals surface area (Å²) in [7, 11) is 0.